The lowest BCUT2D eigenvalue weighted by molar-refractivity contribution is 0.00578. The zero-order valence-electron chi connectivity index (χ0n) is 13.3. The summed E-state index contributed by atoms with van der Waals surface area (Å²) in [7, 11) is 1.24. The van der Waals surface area contributed by atoms with Gasteiger partial charge in [-0.3, -0.25) is 0 Å². The number of hydrogen-bond acceptors (Lipinski definition) is 5. The van der Waals surface area contributed by atoms with Crippen LogP contribution in [0.5, 0.6) is 5.88 Å². The standard InChI is InChI=1S/C15H22BNO4/c1-14(2)15(3,4)21-16(20-14)11-6-12(10-8-19-9-10)13(18-5)17-7-11/h6-7,10H,8-9H2,1-5H3. The molecule has 3 rings (SSSR count). The largest absolute Gasteiger partial charge is 0.496 e. The fourth-order valence-corrected chi connectivity index (χ4v) is 2.47. The van der Waals surface area contributed by atoms with Gasteiger partial charge < -0.3 is 18.8 Å². The molecule has 114 valence electrons. The van der Waals surface area contributed by atoms with Crippen molar-refractivity contribution in [1.82, 2.24) is 4.98 Å². The van der Waals surface area contributed by atoms with Crippen LogP contribution in [0.15, 0.2) is 12.3 Å². The number of ether oxygens (including phenoxy) is 2. The van der Waals surface area contributed by atoms with E-state index in [1.54, 1.807) is 13.3 Å². The van der Waals surface area contributed by atoms with E-state index in [1.807, 2.05) is 27.7 Å². The highest BCUT2D eigenvalue weighted by Gasteiger charge is 2.52. The third-order valence-electron chi connectivity index (χ3n) is 4.70. The summed E-state index contributed by atoms with van der Waals surface area (Å²) >= 11 is 0. The van der Waals surface area contributed by atoms with Crippen LogP contribution in [-0.2, 0) is 14.0 Å². The molecule has 5 nitrogen and oxygen atoms in total. The molecule has 2 aliphatic rings. The molecule has 1 aromatic heterocycles. The average Bonchev–Trinajstić information content (AvgIpc) is 2.56. The minimum atomic E-state index is -0.395. The van der Waals surface area contributed by atoms with Crippen molar-refractivity contribution in [3.05, 3.63) is 17.8 Å². The minimum Gasteiger partial charge on any atom is -0.481 e. The number of aromatic nitrogens is 1. The van der Waals surface area contributed by atoms with Crippen LogP contribution >= 0.6 is 0 Å². The second-order valence-corrected chi connectivity index (χ2v) is 6.69. The Labute approximate surface area is 126 Å². The van der Waals surface area contributed by atoms with Crippen molar-refractivity contribution in [2.75, 3.05) is 20.3 Å². The molecular formula is C15H22BNO4. The molecule has 0 aliphatic carbocycles. The quantitative estimate of drug-likeness (QED) is 0.790. The summed E-state index contributed by atoms with van der Waals surface area (Å²) in [5, 5.41) is 0. The fraction of sp³-hybridized carbons (Fsp3) is 0.667. The fourth-order valence-electron chi connectivity index (χ4n) is 2.47. The van der Waals surface area contributed by atoms with Crippen molar-refractivity contribution < 1.29 is 18.8 Å². The first-order chi connectivity index (χ1) is 9.84. The van der Waals surface area contributed by atoms with E-state index in [0.717, 1.165) is 11.0 Å². The summed E-state index contributed by atoms with van der Waals surface area (Å²) in [6.45, 7) is 9.61. The molecule has 0 aromatic carbocycles. The van der Waals surface area contributed by atoms with Crippen molar-refractivity contribution in [3.8, 4) is 5.88 Å². The van der Waals surface area contributed by atoms with E-state index in [2.05, 4.69) is 11.1 Å². The highest BCUT2D eigenvalue weighted by molar-refractivity contribution is 6.62. The third kappa shape index (κ3) is 2.45. The third-order valence-corrected chi connectivity index (χ3v) is 4.70. The van der Waals surface area contributed by atoms with Gasteiger partial charge in [-0.05, 0) is 27.7 Å². The summed E-state index contributed by atoms with van der Waals surface area (Å²) in [5.41, 5.74) is 1.29. The summed E-state index contributed by atoms with van der Waals surface area (Å²) in [5.74, 6) is 0.999. The summed E-state index contributed by atoms with van der Waals surface area (Å²) < 4.78 is 22.8. The SMILES string of the molecule is COc1ncc(B2OC(C)(C)C(C)(C)O2)cc1C1COC1. The number of nitrogens with zero attached hydrogens (tertiary/aromatic N) is 1. The van der Waals surface area contributed by atoms with Gasteiger partial charge in [0.05, 0.1) is 31.5 Å². The van der Waals surface area contributed by atoms with Gasteiger partial charge in [0.15, 0.2) is 0 Å². The molecule has 3 heterocycles. The van der Waals surface area contributed by atoms with Gasteiger partial charge in [0.25, 0.3) is 0 Å². The van der Waals surface area contributed by atoms with E-state index in [1.165, 1.54) is 0 Å². The van der Waals surface area contributed by atoms with Crippen molar-refractivity contribution >= 4 is 12.6 Å². The van der Waals surface area contributed by atoms with Gasteiger partial charge in [0.1, 0.15) is 0 Å². The van der Waals surface area contributed by atoms with Crippen molar-refractivity contribution in [3.63, 3.8) is 0 Å². The van der Waals surface area contributed by atoms with Crippen LogP contribution in [0.25, 0.3) is 0 Å². The van der Waals surface area contributed by atoms with Crippen molar-refractivity contribution in [1.29, 1.82) is 0 Å². The maximum absolute atomic E-state index is 6.08. The lowest BCUT2D eigenvalue weighted by atomic mass is 9.78. The van der Waals surface area contributed by atoms with E-state index < -0.39 is 7.12 Å². The molecule has 0 bridgehead atoms. The average molecular weight is 291 g/mol. The highest BCUT2D eigenvalue weighted by Crippen LogP contribution is 2.37. The van der Waals surface area contributed by atoms with Crippen molar-refractivity contribution in [2.45, 2.75) is 44.8 Å². The molecule has 2 fully saturated rings. The molecule has 1 aromatic rings. The van der Waals surface area contributed by atoms with E-state index in [-0.39, 0.29) is 11.2 Å². The molecule has 2 saturated heterocycles. The van der Waals surface area contributed by atoms with Gasteiger partial charge in [-0.1, -0.05) is 6.07 Å². The first kappa shape index (κ1) is 14.8. The number of rotatable bonds is 3. The molecule has 0 radical (unpaired) electrons. The Bertz CT molecular complexity index is 526. The first-order valence-corrected chi connectivity index (χ1v) is 7.31. The predicted molar refractivity (Wildman–Crippen MR) is 80.1 cm³/mol. The van der Waals surface area contributed by atoms with Crippen LogP contribution in [0.3, 0.4) is 0 Å². The normalized spacial score (nSPS) is 24.0. The van der Waals surface area contributed by atoms with Gasteiger partial charge >= 0.3 is 7.12 Å². The lowest BCUT2D eigenvalue weighted by Crippen LogP contribution is -2.41. The van der Waals surface area contributed by atoms with E-state index in [4.69, 9.17) is 18.8 Å². The van der Waals surface area contributed by atoms with Gasteiger partial charge in [-0.15, -0.1) is 0 Å². The Balaban J connectivity index is 1.90. The maximum atomic E-state index is 6.08. The Hall–Kier alpha value is -1.11. The van der Waals surface area contributed by atoms with Crippen molar-refractivity contribution in [2.24, 2.45) is 0 Å². The van der Waals surface area contributed by atoms with E-state index >= 15 is 0 Å². The van der Waals surface area contributed by atoms with Gasteiger partial charge in [-0.25, -0.2) is 4.98 Å². The lowest BCUT2D eigenvalue weighted by Gasteiger charge is -2.32. The van der Waals surface area contributed by atoms with Crippen LogP contribution in [0.1, 0.15) is 39.2 Å². The zero-order chi connectivity index (χ0) is 15.3. The monoisotopic (exact) mass is 291 g/mol. The van der Waals surface area contributed by atoms with Crippen LogP contribution < -0.4 is 10.2 Å². The molecule has 0 unspecified atom stereocenters. The Morgan fingerprint density at radius 3 is 2.29 bits per heavy atom. The molecule has 0 atom stereocenters. The maximum Gasteiger partial charge on any atom is 0.496 e. The molecule has 0 N–H and O–H groups in total. The smallest absolute Gasteiger partial charge is 0.481 e. The molecule has 0 amide bonds. The number of methoxy groups -OCH3 is 1. The number of hydrogen-bond donors (Lipinski definition) is 0. The predicted octanol–water partition coefficient (Wildman–Crippen LogP) is 1.50. The van der Waals surface area contributed by atoms with Crippen LogP contribution in [-0.4, -0.2) is 43.6 Å². The second kappa shape index (κ2) is 4.97. The van der Waals surface area contributed by atoms with Crippen LogP contribution in [0.4, 0.5) is 0 Å². The van der Waals surface area contributed by atoms with Gasteiger partial charge in [0.2, 0.25) is 5.88 Å². The molecule has 2 aliphatic heterocycles. The summed E-state index contributed by atoms with van der Waals surface area (Å²) in [6, 6.07) is 2.07. The molecule has 21 heavy (non-hydrogen) atoms. The Morgan fingerprint density at radius 2 is 1.81 bits per heavy atom. The molecular weight excluding hydrogens is 269 g/mol. The van der Waals surface area contributed by atoms with Crippen LogP contribution in [0.2, 0.25) is 0 Å². The van der Waals surface area contributed by atoms with Gasteiger partial charge in [0, 0.05) is 23.1 Å². The molecule has 0 saturated carbocycles. The van der Waals surface area contributed by atoms with E-state index in [9.17, 15) is 0 Å². The topological polar surface area (TPSA) is 49.8 Å². The summed E-state index contributed by atoms with van der Waals surface area (Å²) in [6.07, 6.45) is 1.77. The van der Waals surface area contributed by atoms with Crippen LogP contribution in [0, 0.1) is 0 Å². The molecule has 6 heteroatoms. The zero-order valence-corrected chi connectivity index (χ0v) is 13.3. The number of pyridine rings is 1. The van der Waals surface area contributed by atoms with Gasteiger partial charge in [-0.2, -0.15) is 0 Å². The Morgan fingerprint density at radius 1 is 1.19 bits per heavy atom. The Kier molecular flexibility index (Phi) is 3.51. The molecule has 0 spiro atoms. The van der Waals surface area contributed by atoms with E-state index in [0.29, 0.717) is 25.0 Å². The highest BCUT2D eigenvalue weighted by atomic mass is 16.7. The first-order valence-electron chi connectivity index (χ1n) is 7.31. The second-order valence-electron chi connectivity index (χ2n) is 6.69. The minimum absolute atomic E-state index is 0.342. The summed E-state index contributed by atoms with van der Waals surface area (Å²) in [4.78, 5) is 4.40.